The first kappa shape index (κ1) is 33.6. The van der Waals surface area contributed by atoms with Gasteiger partial charge in [0.1, 0.15) is 6.29 Å². The summed E-state index contributed by atoms with van der Waals surface area (Å²) in [7, 11) is 5.03. The number of nitrogens with two attached hydrogens (primary N) is 1. The van der Waals surface area contributed by atoms with Gasteiger partial charge in [0.2, 0.25) is 0 Å². The monoisotopic (exact) mass is 478 g/mol. The Morgan fingerprint density at radius 3 is 2.00 bits per heavy atom. The summed E-state index contributed by atoms with van der Waals surface area (Å²) in [6.07, 6.45) is 8.32. The third kappa shape index (κ3) is 11.4. The number of rotatable bonds is 6. The van der Waals surface area contributed by atoms with Crippen LogP contribution in [0.5, 0.6) is 0 Å². The molecule has 5 heteroatoms. The van der Waals surface area contributed by atoms with E-state index in [0.717, 1.165) is 28.3 Å². The van der Waals surface area contributed by atoms with Crippen molar-refractivity contribution in [3.05, 3.63) is 108 Å². The number of hydrogen-bond acceptors (Lipinski definition) is 4. The number of benzene rings is 2. The minimum Gasteiger partial charge on any atom is -0.388 e. The maximum absolute atomic E-state index is 12.6. The van der Waals surface area contributed by atoms with Crippen molar-refractivity contribution in [2.45, 2.75) is 33.7 Å². The number of nitrogens with zero attached hydrogens (tertiary/aromatic N) is 1. The van der Waals surface area contributed by atoms with Gasteiger partial charge in [-0.1, -0.05) is 101 Å². The number of aryl methyl sites for hydroxylation is 1. The fourth-order valence-electron chi connectivity index (χ4n) is 2.93. The van der Waals surface area contributed by atoms with Crippen LogP contribution in [0.2, 0.25) is 0 Å². The first-order valence-corrected chi connectivity index (χ1v) is 11.1. The maximum Gasteiger partial charge on any atom is 0.258 e. The third-order valence-corrected chi connectivity index (χ3v) is 4.43. The van der Waals surface area contributed by atoms with Crippen LogP contribution in [0, 0.1) is 0 Å². The van der Waals surface area contributed by atoms with E-state index in [-0.39, 0.29) is 13.0 Å². The number of methoxy groups -OCH3 is 1. The molecular weight excluding hydrogens is 436 g/mol. The molecule has 0 bridgehead atoms. The predicted molar refractivity (Wildman–Crippen MR) is 153 cm³/mol. The molecule has 0 fully saturated rings. The molecule has 0 saturated heterocycles. The van der Waals surface area contributed by atoms with Crippen molar-refractivity contribution in [1.29, 1.82) is 0 Å². The smallest absolute Gasteiger partial charge is 0.258 e. The number of aromatic nitrogens is 1. The first-order valence-electron chi connectivity index (χ1n) is 11.1. The highest BCUT2D eigenvalue weighted by Crippen LogP contribution is 2.21. The van der Waals surface area contributed by atoms with Gasteiger partial charge in [-0.3, -0.25) is 4.79 Å². The zero-order chi connectivity index (χ0) is 25.9. The number of pyridine rings is 1. The Balaban J connectivity index is 0. The summed E-state index contributed by atoms with van der Waals surface area (Å²) >= 11 is 0. The van der Waals surface area contributed by atoms with Gasteiger partial charge in [0.05, 0.1) is 11.6 Å². The minimum atomic E-state index is -0.491. The number of para-hydroxylation sites is 1. The molecule has 1 heterocycles. The molecule has 3 rings (SSSR count). The lowest BCUT2D eigenvalue weighted by Gasteiger charge is -2.10. The van der Waals surface area contributed by atoms with Crippen LogP contribution in [-0.2, 0) is 23.0 Å². The van der Waals surface area contributed by atoms with E-state index >= 15 is 0 Å². The number of fused-ring (bicyclic) bond motifs is 1. The lowest BCUT2D eigenvalue weighted by atomic mass is 10.0. The van der Waals surface area contributed by atoms with Crippen molar-refractivity contribution in [2.24, 2.45) is 12.8 Å². The molecule has 3 aromatic rings. The molecule has 35 heavy (non-hydrogen) atoms. The highest BCUT2D eigenvalue weighted by Gasteiger charge is 2.09. The summed E-state index contributed by atoms with van der Waals surface area (Å²) in [5.74, 6) is 0. The van der Waals surface area contributed by atoms with Crippen molar-refractivity contribution >= 4 is 17.2 Å². The standard InChI is InChI=1S/C19H18N2O2.C6H8.C2H6O.C2H6.CH4/c1-21-18-5-3-2-4-15(18)11-17(19(21)23)14-8-6-13(7-9-14)10-16(20)12-22;1-3-5-6-4-2;1-3-2;1-2;/h2-9,11-12,16H,10,20H2,1H3;3-6H,1-2H2;1-2H3;1-2H3;1H4/b;6-5-;;;. The molecule has 5 nitrogen and oxygen atoms in total. The Kier molecular flexibility index (Phi) is 19.1. The normalized spacial score (nSPS) is 10.2. The van der Waals surface area contributed by atoms with E-state index in [1.165, 1.54) is 0 Å². The molecule has 0 aliphatic heterocycles. The molecular formula is C30H42N2O3. The number of carbonyl (C=O) groups is 1. The van der Waals surface area contributed by atoms with Gasteiger partial charge in [0.15, 0.2) is 0 Å². The van der Waals surface area contributed by atoms with Gasteiger partial charge in [-0.2, -0.15) is 0 Å². The van der Waals surface area contributed by atoms with Crippen LogP contribution >= 0.6 is 0 Å². The van der Waals surface area contributed by atoms with Gasteiger partial charge >= 0.3 is 0 Å². The van der Waals surface area contributed by atoms with E-state index < -0.39 is 6.04 Å². The number of hydrogen-bond donors (Lipinski definition) is 1. The minimum absolute atomic E-state index is 0. The molecule has 1 atom stereocenters. The fraction of sp³-hybridized carbons (Fsp3) is 0.267. The van der Waals surface area contributed by atoms with E-state index in [1.807, 2.05) is 80.6 Å². The number of aldehydes is 1. The van der Waals surface area contributed by atoms with Crippen molar-refractivity contribution in [2.75, 3.05) is 14.2 Å². The molecule has 0 radical (unpaired) electrons. The Bertz CT molecular complexity index is 1090. The maximum atomic E-state index is 12.6. The van der Waals surface area contributed by atoms with Gasteiger partial charge in [0, 0.05) is 26.8 Å². The number of carbonyl (C=O) groups excluding carboxylic acids is 1. The number of allylic oxidation sites excluding steroid dienone is 4. The molecule has 2 N–H and O–H groups in total. The summed E-state index contributed by atoms with van der Waals surface area (Å²) in [6, 6.07) is 16.9. The molecule has 0 saturated carbocycles. The molecule has 0 aliphatic rings. The summed E-state index contributed by atoms with van der Waals surface area (Å²) in [5.41, 5.74) is 9.03. The van der Waals surface area contributed by atoms with Gasteiger partial charge in [-0.25, -0.2) is 0 Å². The average molecular weight is 479 g/mol. The molecule has 0 aliphatic carbocycles. The lowest BCUT2D eigenvalue weighted by molar-refractivity contribution is -0.108. The van der Waals surface area contributed by atoms with Crippen LogP contribution in [0.1, 0.15) is 26.8 Å². The average Bonchev–Trinajstić information content (AvgIpc) is 2.87. The van der Waals surface area contributed by atoms with Crippen LogP contribution in [0.25, 0.3) is 22.0 Å². The molecule has 1 aromatic heterocycles. The van der Waals surface area contributed by atoms with Crippen molar-refractivity contribution in [1.82, 2.24) is 4.57 Å². The van der Waals surface area contributed by atoms with Gasteiger partial charge in [0.25, 0.3) is 5.56 Å². The van der Waals surface area contributed by atoms with Gasteiger partial charge in [-0.05, 0) is 35.1 Å². The Morgan fingerprint density at radius 2 is 1.51 bits per heavy atom. The second-order valence-electron chi connectivity index (χ2n) is 6.95. The molecule has 0 spiro atoms. The quantitative estimate of drug-likeness (QED) is 0.342. The zero-order valence-electron chi connectivity index (χ0n) is 21.0. The van der Waals surface area contributed by atoms with E-state index in [4.69, 9.17) is 5.73 Å². The topological polar surface area (TPSA) is 74.3 Å². The van der Waals surface area contributed by atoms with E-state index in [0.29, 0.717) is 12.0 Å². The molecule has 2 aromatic carbocycles. The highest BCUT2D eigenvalue weighted by molar-refractivity contribution is 5.84. The number of ether oxygens (including phenoxy) is 1. The molecule has 190 valence electrons. The molecule has 0 amide bonds. The fourth-order valence-corrected chi connectivity index (χ4v) is 2.93. The van der Waals surface area contributed by atoms with E-state index in [9.17, 15) is 9.59 Å². The van der Waals surface area contributed by atoms with Crippen LogP contribution < -0.4 is 11.3 Å². The largest absolute Gasteiger partial charge is 0.388 e. The van der Waals surface area contributed by atoms with Crippen LogP contribution in [0.3, 0.4) is 0 Å². The summed E-state index contributed by atoms with van der Waals surface area (Å²) < 4.78 is 5.92. The second-order valence-corrected chi connectivity index (χ2v) is 6.95. The summed E-state index contributed by atoms with van der Waals surface area (Å²) in [6.45, 7) is 10.9. The van der Waals surface area contributed by atoms with Crippen LogP contribution in [0.15, 0.2) is 96.9 Å². The Hall–Kier alpha value is -3.54. The Labute approximate surface area is 211 Å². The van der Waals surface area contributed by atoms with Gasteiger partial charge < -0.3 is 19.8 Å². The third-order valence-electron chi connectivity index (χ3n) is 4.43. The predicted octanol–water partition coefficient (Wildman–Crippen LogP) is 6.11. The van der Waals surface area contributed by atoms with Crippen molar-refractivity contribution in [3.63, 3.8) is 0 Å². The highest BCUT2D eigenvalue weighted by atomic mass is 16.4. The van der Waals surface area contributed by atoms with E-state index in [1.54, 1.807) is 38.0 Å². The molecule has 1 unspecified atom stereocenters. The summed E-state index contributed by atoms with van der Waals surface area (Å²) in [5, 5.41) is 1.02. The van der Waals surface area contributed by atoms with Crippen LogP contribution in [0.4, 0.5) is 0 Å². The lowest BCUT2D eigenvalue weighted by Crippen LogP contribution is -2.24. The van der Waals surface area contributed by atoms with Crippen LogP contribution in [-0.4, -0.2) is 31.1 Å². The SMILES string of the molecule is C.C=C/C=C\C=C.CC.COC.Cn1c(=O)c(-c2ccc(CC(N)C=O)cc2)cc2ccccc21. The second kappa shape index (κ2) is 19.9. The van der Waals surface area contributed by atoms with E-state index in [2.05, 4.69) is 17.9 Å². The summed E-state index contributed by atoms with van der Waals surface area (Å²) in [4.78, 5) is 23.2. The van der Waals surface area contributed by atoms with Gasteiger partial charge in [-0.15, -0.1) is 0 Å². The first-order chi connectivity index (χ1) is 16.4. The zero-order valence-corrected chi connectivity index (χ0v) is 21.0. The van der Waals surface area contributed by atoms with Crippen molar-refractivity contribution in [3.8, 4) is 11.1 Å². The Morgan fingerprint density at radius 1 is 1.00 bits per heavy atom. The van der Waals surface area contributed by atoms with Crippen molar-refractivity contribution < 1.29 is 9.53 Å².